The Bertz CT molecular complexity index is 1670. The lowest BCUT2D eigenvalue weighted by Gasteiger charge is -1.91. The van der Waals surface area contributed by atoms with Gasteiger partial charge >= 0.3 is 0 Å². The minimum absolute atomic E-state index is 0.0417. The van der Waals surface area contributed by atoms with Crippen LogP contribution in [-0.4, -0.2) is 90.7 Å². The molecule has 0 radical (unpaired) electrons. The normalized spacial score (nSPS) is 9.22. The third-order valence-electron chi connectivity index (χ3n) is 5.20. The lowest BCUT2D eigenvalue weighted by atomic mass is 10.4. The smallest absolute Gasteiger partial charge is 0.266 e. The van der Waals surface area contributed by atoms with E-state index < -0.39 is 0 Å². The molecule has 23 heteroatoms. The van der Waals surface area contributed by atoms with E-state index in [1.54, 1.807) is 53.4 Å². The molecule has 0 spiro atoms. The Balaban J connectivity index is 0.000000286. The third kappa shape index (κ3) is 16.9. The fraction of sp³-hybridized carbons (Fsp3) is 0.308. The average Bonchev–Trinajstić information content (AvgIpc) is 3.96. The highest BCUT2D eigenvalue weighted by atomic mass is 32.1. The van der Waals surface area contributed by atoms with Crippen LogP contribution in [0.5, 0.6) is 17.5 Å². The summed E-state index contributed by atoms with van der Waals surface area (Å²) in [6.45, 7) is 12.6. The van der Waals surface area contributed by atoms with E-state index in [2.05, 4.69) is 67.8 Å². The van der Waals surface area contributed by atoms with Crippen LogP contribution < -0.4 is 16.0 Å². The van der Waals surface area contributed by atoms with Crippen molar-refractivity contribution in [2.24, 2.45) is 0 Å². The maximum Gasteiger partial charge on any atom is 0.266 e. The number of rotatable bonds is 1. The number of aromatic amines is 4. The number of aryl methyl sites for hydroxylation is 7. The van der Waals surface area contributed by atoms with Crippen LogP contribution in [0.15, 0.2) is 46.7 Å². The number of nitrogens with two attached hydrogens (primary N) is 1. The van der Waals surface area contributed by atoms with E-state index in [-0.39, 0.29) is 17.2 Å². The number of anilines is 1. The topological polar surface area (TPSA) is 310 Å². The maximum atomic E-state index is 10.3. The number of nitrogens with zero attached hydrogens (tertiary/aromatic N) is 10. The van der Waals surface area contributed by atoms with Crippen LogP contribution in [0.4, 0.5) is 5.82 Å². The SMILES string of the molecule is COc1[nH]ncc1C.Cc1[nH]cnc1O.Cc1c[nH][nH]c1=O.Cc1cnnn1O.Cc1cnsn1.Cc1nocc1O.Cc1nsnc1N. The van der Waals surface area contributed by atoms with E-state index in [9.17, 15) is 4.79 Å². The monoisotopic (exact) mass is 721 g/mol. The number of hydrogen-bond donors (Lipinski definition) is 8. The molecule has 0 saturated carbocycles. The zero-order chi connectivity index (χ0) is 36.8. The van der Waals surface area contributed by atoms with Crippen LogP contribution in [0, 0.1) is 48.5 Å². The van der Waals surface area contributed by atoms with Crippen molar-refractivity contribution in [1.82, 2.24) is 68.2 Å². The van der Waals surface area contributed by atoms with Gasteiger partial charge in [-0.25, -0.2) is 10.1 Å². The van der Waals surface area contributed by atoms with Gasteiger partial charge < -0.3 is 40.5 Å². The summed E-state index contributed by atoms with van der Waals surface area (Å²) in [5, 5.41) is 47.1. The molecular formula is C26H39N15O6S2. The first-order valence-corrected chi connectivity index (χ1v) is 15.1. The number of methoxy groups -OCH3 is 1. The van der Waals surface area contributed by atoms with Crippen molar-refractivity contribution >= 4 is 29.3 Å². The zero-order valence-electron chi connectivity index (χ0n) is 27.9. The molecule has 0 unspecified atom stereocenters. The van der Waals surface area contributed by atoms with Gasteiger partial charge in [-0.15, -0.1) is 5.10 Å². The zero-order valence-corrected chi connectivity index (χ0v) is 29.5. The van der Waals surface area contributed by atoms with E-state index in [0.717, 1.165) is 45.0 Å². The number of H-pyrrole nitrogens is 4. The minimum Gasteiger partial charge on any atom is -0.503 e. The molecule has 21 nitrogen and oxygen atoms in total. The van der Waals surface area contributed by atoms with Crippen molar-refractivity contribution in [3.05, 3.63) is 87.3 Å². The molecule has 0 aliphatic heterocycles. The van der Waals surface area contributed by atoms with Gasteiger partial charge in [0.25, 0.3) is 5.56 Å². The Morgan fingerprint density at radius 1 is 0.959 bits per heavy atom. The second-order valence-corrected chi connectivity index (χ2v) is 10.3. The molecule has 0 aliphatic carbocycles. The van der Waals surface area contributed by atoms with Gasteiger partial charge in [0.15, 0.2) is 17.8 Å². The molecule has 49 heavy (non-hydrogen) atoms. The highest BCUT2D eigenvalue weighted by Gasteiger charge is 1.96. The molecule has 9 N–H and O–H groups in total. The molecule has 0 atom stereocenters. The fourth-order valence-electron chi connectivity index (χ4n) is 2.28. The number of aromatic nitrogens is 14. The first kappa shape index (κ1) is 40.9. The summed E-state index contributed by atoms with van der Waals surface area (Å²) < 4.78 is 24.4. The number of imidazole rings is 1. The Morgan fingerprint density at radius 3 is 1.86 bits per heavy atom. The van der Waals surface area contributed by atoms with E-state index in [0.29, 0.717) is 22.9 Å². The highest BCUT2D eigenvalue weighted by molar-refractivity contribution is 6.99. The molecular weight excluding hydrogens is 683 g/mol. The first-order valence-electron chi connectivity index (χ1n) is 13.7. The van der Waals surface area contributed by atoms with E-state index in [1.807, 2.05) is 20.8 Å². The summed E-state index contributed by atoms with van der Waals surface area (Å²) in [4.78, 5) is 17.3. The molecule has 7 aromatic heterocycles. The highest BCUT2D eigenvalue weighted by Crippen LogP contribution is 2.10. The van der Waals surface area contributed by atoms with Crippen LogP contribution in [0.1, 0.15) is 39.6 Å². The lowest BCUT2D eigenvalue weighted by molar-refractivity contribution is 0.137. The Morgan fingerprint density at radius 2 is 1.69 bits per heavy atom. The predicted octanol–water partition coefficient (Wildman–Crippen LogP) is 2.95. The van der Waals surface area contributed by atoms with Gasteiger partial charge in [-0.2, -0.15) is 22.6 Å². The molecule has 0 aliphatic rings. The maximum absolute atomic E-state index is 10.3. The van der Waals surface area contributed by atoms with Crippen LogP contribution in [0.2, 0.25) is 0 Å². The fourth-order valence-corrected chi connectivity index (χ4v) is 3.18. The van der Waals surface area contributed by atoms with Gasteiger partial charge in [-0.05, 0) is 53.7 Å². The minimum atomic E-state index is -0.0417. The number of hydrogen-bond acceptors (Lipinski definition) is 18. The van der Waals surface area contributed by atoms with Gasteiger partial charge in [0, 0.05) is 17.3 Å². The Hall–Kier alpha value is -6.10. The second kappa shape index (κ2) is 22.4. The number of ether oxygens (including phenoxy) is 1. The van der Waals surface area contributed by atoms with Crippen molar-refractivity contribution in [3.63, 3.8) is 0 Å². The molecule has 0 amide bonds. The van der Waals surface area contributed by atoms with Crippen molar-refractivity contribution in [1.29, 1.82) is 0 Å². The summed E-state index contributed by atoms with van der Waals surface area (Å²) in [7, 11) is 1.61. The Kier molecular flexibility index (Phi) is 18.7. The standard InChI is InChI=1S/C5H8N2O.2C4H6N2O.C4H5NO2.C3H5N3O.C3H5N3S.C3H4N2S/c1-4-3-6-7-5(4)8-2;1-3-4(7)6-2-5-3;1-3-2-5-6-4(3)7;1-3-4(6)2-7-5-3;1-3-2-4-5-6(3)7;1-2-3(4)6-7-5-2;1-3-2-4-6-5-3/h3H,1-2H3,(H,6,7);2,7H,1H3,(H,5,6);2H,1H3,(H2,5,6,7);2,6H,1H3;2,7H,1H3;1H3,(H2,4,6);2H,1H3. The molecule has 0 aromatic carbocycles. The molecule has 7 rings (SSSR count). The molecule has 0 bridgehead atoms. The van der Waals surface area contributed by atoms with Gasteiger partial charge in [0.05, 0.1) is 78.3 Å². The van der Waals surface area contributed by atoms with Crippen LogP contribution in [-0.2, 0) is 0 Å². The molecule has 266 valence electrons. The van der Waals surface area contributed by atoms with E-state index >= 15 is 0 Å². The molecule has 0 fully saturated rings. The van der Waals surface area contributed by atoms with Crippen molar-refractivity contribution < 1.29 is 24.7 Å². The van der Waals surface area contributed by atoms with Crippen molar-refractivity contribution in [2.45, 2.75) is 48.5 Å². The largest absolute Gasteiger partial charge is 0.503 e. The number of nitrogen functional groups attached to an aromatic ring is 1. The van der Waals surface area contributed by atoms with Crippen LogP contribution in [0.25, 0.3) is 0 Å². The Labute approximate surface area is 287 Å². The summed E-state index contributed by atoms with van der Waals surface area (Å²) in [5.41, 5.74) is 10.7. The summed E-state index contributed by atoms with van der Waals surface area (Å²) >= 11 is 2.38. The van der Waals surface area contributed by atoms with E-state index in [1.165, 1.54) is 30.5 Å². The quantitative estimate of drug-likeness (QED) is 0.113. The lowest BCUT2D eigenvalue weighted by Crippen LogP contribution is -1.99. The number of nitrogens with one attached hydrogen (secondary N) is 4. The molecule has 7 heterocycles. The molecule has 0 saturated heterocycles. The van der Waals surface area contributed by atoms with E-state index in [4.69, 9.17) is 25.9 Å². The van der Waals surface area contributed by atoms with Gasteiger partial charge in [0.2, 0.25) is 11.8 Å². The summed E-state index contributed by atoms with van der Waals surface area (Å²) in [5.74, 6) is 1.48. The van der Waals surface area contributed by atoms with Crippen LogP contribution in [0.3, 0.4) is 0 Å². The van der Waals surface area contributed by atoms with Gasteiger partial charge in [-0.3, -0.25) is 9.89 Å². The average molecular weight is 722 g/mol. The third-order valence-corrected chi connectivity index (χ3v) is 6.41. The van der Waals surface area contributed by atoms with Gasteiger partial charge in [-0.1, -0.05) is 10.0 Å². The molecule has 7 aromatic rings. The second-order valence-electron chi connectivity index (χ2n) is 9.20. The first-order chi connectivity index (χ1) is 23.3. The van der Waals surface area contributed by atoms with Crippen molar-refractivity contribution in [3.8, 4) is 17.5 Å². The number of aromatic hydroxyl groups is 2. The summed E-state index contributed by atoms with van der Waals surface area (Å²) in [6.07, 6.45) is 9.20. The van der Waals surface area contributed by atoms with Crippen molar-refractivity contribution in [2.75, 3.05) is 12.8 Å². The van der Waals surface area contributed by atoms with Crippen LogP contribution >= 0.6 is 23.5 Å². The van der Waals surface area contributed by atoms with Gasteiger partial charge in [0.1, 0.15) is 5.69 Å². The predicted molar refractivity (Wildman–Crippen MR) is 180 cm³/mol. The summed E-state index contributed by atoms with van der Waals surface area (Å²) in [6, 6.07) is 0.